The van der Waals surface area contributed by atoms with E-state index >= 15 is 0 Å². The van der Waals surface area contributed by atoms with Crippen LogP contribution in [-0.4, -0.2) is 94.1 Å². The van der Waals surface area contributed by atoms with Crippen molar-refractivity contribution in [2.45, 2.75) is 50.1 Å². The number of likely N-dealkylation sites (tertiary alicyclic amines) is 1. The molecule has 33 heavy (non-hydrogen) atoms. The molecule has 4 aliphatic heterocycles. The van der Waals surface area contributed by atoms with Gasteiger partial charge >= 0.3 is 0 Å². The van der Waals surface area contributed by atoms with Crippen molar-refractivity contribution in [1.82, 2.24) is 35.7 Å². The molecule has 11 heteroatoms. The summed E-state index contributed by atoms with van der Waals surface area (Å²) in [5, 5.41) is 13.2. The number of H-pyrrole nitrogens is 1. The summed E-state index contributed by atoms with van der Waals surface area (Å²) < 4.78 is 0. The molecule has 1 aliphatic carbocycles. The van der Waals surface area contributed by atoms with Crippen molar-refractivity contribution in [3.8, 4) is 0 Å². The van der Waals surface area contributed by atoms with E-state index in [1.807, 2.05) is 11.0 Å². The summed E-state index contributed by atoms with van der Waals surface area (Å²) in [6.07, 6.45) is 7.21. The highest BCUT2D eigenvalue weighted by atomic mass is 16.1. The van der Waals surface area contributed by atoms with Crippen molar-refractivity contribution in [3.05, 3.63) is 23.5 Å². The van der Waals surface area contributed by atoms with E-state index in [1.165, 1.54) is 12.8 Å². The fourth-order valence-electron chi connectivity index (χ4n) is 5.26. The smallest absolute Gasteiger partial charge is 0.240 e. The number of aromatic nitrogens is 2. The minimum absolute atomic E-state index is 0.268. The lowest BCUT2D eigenvalue weighted by atomic mass is 10.2. The molecule has 1 aromatic rings. The number of nitrogens with two attached hydrogens (primary N) is 1. The molecule has 1 unspecified atom stereocenters. The standard InChI is InChI=1S/C22H32N10O/c23-20(33)17-2-1-9-31(17)22-26-21(25-19-12-16(27-28-19)14-3-4-14)18-6-5-15(32(18)29-22)13-30-10-7-24-8-11-30/h6,12,14-15,17,24H,1-5,7-11,13H2,(H2,23,33)(H2,25,26,27,28,29)/t15?,17-/m0/s1. The zero-order valence-electron chi connectivity index (χ0n) is 18.8. The summed E-state index contributed by atoms with van der Waals surface area (Å²) >= 11 is 0. The van der Waals surface area contributed by atoms with E-state index in [1.54, 1.807) is 0 Å². The average molecular weight is 453 g/mol. The van der Waals surface area contributed by atoms with E-state index in [4.69, 9.17) is 15.7 Å². The third kappa shape index (κ3) is 4.10. The van der Waals surface area contributed by atoms with Crippen molar-refractivity contribution in [1.29, 1.82) is 0 Å². The first kappa shape index (κ1) is 20.7. The van der Waals surface area contributed by atoms with E-state index in [2.05, 4.69) is 36.9 Å². The number of aliphatic imine (C=N–C) groups is 2. The van der Waals surface area contributed by atoms with Crippen LogP contribution in [0.1, 0.15) is 43.7 Å². The molecule has 1 saturated carbocycles. The van der Waals surface area contributed by atoms with E-state index < -0.39 is 0 Å². The van der Waals surface area contributed by atoms with Crippen LogP contribution in [0.3, 0.4) is 0 Å². The van der Waals surface area contributed by atoms with Crippen LogP contribution in [0.15, 0.2) is 27.8 Å². The Balaban J connectivity index is 1.30. The van der Waals surface area contributed by atoms with Gasteiger partial charge in [-0.1, -0.05) is 6.08 Å². The first-order chi connectivity index (χ1) is 16.2. The molecule has 2 atom stereocenters. The number of rotatable bonds is 5. The lowest BCUT2D eigenvalue weighted by molar-refractivity contribution is -0.121. The molecule has 0 bridgehead atoms. The van der Waals surface area contributed by atoms with Crippen LogP contribution in [0.4, 0.5) is 5.82 Å². The molecule has 2 saturated heterocycles. The number of nitrogens with zero attached hydrogens (tertiary/aromatic N) is 6. The molecular formula is C22H32N10O. The number of carbonyl (C=O) groups is 1. The number of aromatic amines is 1. The molecular weight excluding hydrogens is 420 g/mol. The highest BCUT2D eigenvalue weighted by Crippen LogP contribution is 2.40. The summed E-state index contributed by atoms with van der Waals surface area (Å²) in [5.41, 5.74) is 11.3. The van der Waals surface area contributed by atoms with Gasteiger partial charge in [-0.2, -0.15) is 10.1 Å². The van der Waals surface area contributed by atoms with Gasteiger partial charge in [-0.3, -0.25) is 25.2 Å². The molecule has 0 radical (unpaired) electrons. The molecule has 5 N–H and O–H groups in total. The minimum atomic E-state index is -0.343. The second-order valence-electron chi connectivity index (χ2n) is 9.59. The van der Waals surface area contributed by atoms with E-state index in [0.717, 1.165) is 69.9 Å². The van der Waals surface area contributed by atoms with Crippen molar-refractivity contribution in [2.24, 2.45) is 15.7 Å². The Morgan fingerprint density at radius 2 is 2.06 bits per heavy atom. The number of hydrogen-bond donors (Lipinski definition) is 4. The molecule has 5 heterocycles. The molecule has 176 valence electrons. The topological polar surface area (TPSA) is 130 Å². The first-order valence-electron chi connectivity index (χ1n) is 12.1. The van der Waals surface area contributed by atoms with Crippen LogP contribution in [0, 0.1) is 0 Å². The molecule has 5 aliphatic rings. The molecule has 6 rings (SSSR count). The largest absolute Gasteiger partial charge is 0.368 e. The maximum atomic E-state index is 12.1. The molecule has 3 fully saturated rings. The fraction of sp³-hybridized carbons (Fsp3) is 0.636. The Morgan fingerprint density at radius 3 is 2.85 bits per heavy atom. The van der Waals surface area contributed by atoms with Crippen LogP contribution >= 0.6 is 0 Å². The van der Waals surface area contributed by atoms with Gasteiger partial charge in [-0.15, -0.1) is 0 Å². The summed E-state index contributed by atoms with van der Waals surface area (Å²) in [7, 11) is 0. The number of amidine groups is 1. The number of hydrazine groups is 1. The van der Waals surface area contributed by atoms with Gasteiger partial charge in [0.2, 0.25) is 11.9 Å². The van der Waals surface area contributed by atoms with E-state index in [0.29, 0.717) is 23.5 Å². The zero-order valence-corrected chi connectivity index (χ0v) is 18.8. The normalized spacial score (nSPS) is 29.2. The number of amides is 1. The van der Waals surface area contributed by atoms with Gasteiger partial charge < -0.3 is 16.0 Å². The second-order valence-corrected chi connectivity index (χ2v) is 9.59. The lowest BCUT2D eigenvalue weighted by Gasteiger charge is -2.40. The molecule has 11 nitrogen and oxygen atoms in total. The molecule has 1 amide bonds. The highest BCUT2D eigenvalue weighted by molar-refractivity contribution is 6.09. The van der Waals surface area contributed by atoms with E-state index in [9.17, 15) is 4.79 Å². The predicted octanol–water partition coefficient (Wildman–Crippen LogP) is 0.00440. The summed E-state index contributed by atoms with van der Waals surface area (Å²) in [6.45, 7) is 5.86. The maximum absolute atomic E-state index is 12.1. The average Bonchev–Trinajstić information content (AvgIpc) is 3.21. The number of hydrogen-bond acceptors (Lipinski definition) is 8. The maximum Gasteiger partial charge on any atom is 0.240 e. The quantitative estimate of drug-likeness (QED) is 0.495. The van der Waals surface area contributed by atoms with Gasteiger partial charge in [0.1, 0.15) is 6.04 Å². The number of carbonyl (C=O) groups excluding carboxylic acids is 1. The number of nitrogens with one attached hydrogen (secondary N) is 3. The predicted molar refractivity (Wildman–Crippen MR) is 125 cm³/mol. The van der Waals surface area contributed by atoms with Crippen molar-refractivity contribution in [3.63, 3.8) is 0 Å². The third-order valence-electron chi connectivity index (χ3n) is 7.22. The lowest BCUT2D eigenvalue weighted by Crippen LogP contribution is -2.60. The molecule has 0 aromatic carbocycles. The monoisotopic (exact) mass is 452 g/mol. The Hall–Kier alpha value is -2.92. The number of guanidine groups is 1. The zero-order chi connectivity index (χ0) is 22.4. The third-order valence-corrected chi connectivity index (χ3v) is 7.22. The number of piperazine rings is 1. The SMILES string of the molecule is NC(=O)[C@@H]1CCCN1C1=NC(=Nc2cc(C3CC3)[nH]n2)C2=CCC(CN3CCNCC3)N2N1. The van der Waals surface area contributed by atoms with Gasteiger partial charge in [0.05, 0.1) is 11.7 Å². The Morgan fingerprint density at radius 1 is 1.21 bits per heavy atom. The van der Waals surface area contributed by atoms with Crippen LogP contribution in [0.5, 0.6) is 0 Å². The van der Waals surface area contributed by atoms with Gasteiger partial charge in [0.15, 0.2) is 11.7 Å². The van der Waals surface area contributed by atoms with Gasteiger partial charge in [0.25, 0.3) is 0 Å². The fourth-order valence-corrected chi connectivity index (χ4v) is 5.26. The minimum Gasteiger partial charge on any atom is -0.368 e. The Kier molecular flexibility index (Phi) is 5.30. The van der Waals surface area contributed by atoms with Crippen molar-refractivity contribution in [2.75, 3.05) is 39.3 Å². The Bertz CT molecular complexity index is 1000. The van der Waals surface area contributed by atoms with Crippen molar-refractivity contribution < 1.29 is 4.79 Å². The van der Waals surface area contributed by atoms with Crippen LogP contribution in [0.25, 0.3) is 0 Å². The number of fused-ring (bicyclic) bond motifs is 1. The van der Waals surface area contributed by atoms with Gasteiger partial charge in [-0.25, -0.2) is 4.99 Å². The first-order valence-corrected chi connectivity index (χ1v) is 12.1. The van der Waals surface area contributed by atoms with Gasteiger partial charge in [0, 0.05) is 56.9 Å². The molecule has 0 spiro atoms. The summed E-state index contributed by atoms with van der Waals surface area (Å²) in [6, 6.07) is 1.95. The van der Waals surface area contributed by atoms with Gasteiger partial charge in [-0.05, 0) is 32.1 Å². The summed E-state index contributed by atoms with van der Waals surface area (Å²) in [5.74, 6) is 2.21. The Labute approximate surface area is 193 Å². The highest BCUT2D eigenvalue weighted by Gasteiger charge is 2.39. The number of primary amides is 1. The van der Waals surface area contributed by atoms with Crippen LogP contribution < -0.4 is 16.5 Å². The second kappa shape index (κ2) is 8.45. The van der Waals surface area contributed by atoms with Crippen LogP contribution in [0.2, 0.25) is 0 Å². The van der Waals surface area contributed by atoms with Crippen LogP contribution in [-0.2, 0) is 4.79 Å². The van der Waals surface area contributed by atoms with E-state index in [-0.39, 0.29) is 18.0 Å². The summed E-state index contributed by atoms with van der Waals surface area (Å²) in [4.78, 5) is 26.3. The molecule has 1 aromatic heterocycles. The van der Waals surface area contributed by atoms with Crippen molar-refractivity contribution >= 4 is 23.5 Å².